The Morgan fingerprint density at radius 1 is 1.50 bits per heavy atom. The third-order valence-corrected chi connectivity index (χ3v) is 1.17. The molecule has 0 saturated heterocycles. The fourth-order valence-corrected chi connectivity index (χ4v) is 0.578. The van der Waals surface area contributed by atoms with Crippen LogP contribution in [-0.4, -0.2) is 22.0 Å². The molecule has 1 aliphatic rings. The molecule has 0 fully saturated rings. The lowest BCUT2D eigenvalue weighted by Gasteiger charge is -1.99. The van der Waals surface area contributed by atoms with E-state index < -0.39 is 17.4 Å². The number of aliphatic imine (C=N–C) groups is 1. The molecule has 0 atom stereocenters. The number of amides is 1. The van der Waals surface area contributed by atoms with Crippen LogP contribution in [0.25, 0.3) is 0 Å². The van der Waals surface area contributed by atoms with Gasteiger partial charge >= 0.3 is 5.91 Å². The molecule has 0 spiro atoms. The highest BCUT2D eigenvalue weighted by atomic mass is 35.5. The topological polar surface area (TPSA) is 66.7 Å². The molecule has 1 amide bonds. The van der Waals surface area contributed by atoms with Crippen LogP contribution in [0.2, 0.25) is 0 Å². The molecule has 10 heavy (non-hydrogen) atoms. The Morgan fingerprint density at radius 2 is 2.10 bits per heavy atom. The normalized spacial score (nSPS) is 18.5. The summed E-state index contributed by atoms with van der Waals surface area (Å²) in [7, 11) is 0. The fourth-order valence-electron chi connectivity index (χ4n) is 0.447. The van der Waals surface area contributed by atoms with Crippen LogP contribution < -0.4 is 0 Å². The summed E-state index contributed by atoms with van der Waals surface area (Å²) in [5.41, 5.74) is 0. The van der Waals surface area contributed by atoms with Crippen molar-refractivity contribution in [3.05, 3.63) is 11.8 Å². The number of aliphatic hydroxyl groups excluding tert-OH is 1. The minimum absolute atomic E-state index is 0.343. The van der Waals surface area contributed by atoms with Gasteiger partial charge in [-0.3, -0.25) is 9.59 Å². The van der Waals surface area contributed by atoms with Crippen molar-refractivity contribution in [3.8, 4) is 0 Å². The van der Waals surface area contributed by atoms with E-state index in [0.717, 1.165) is 6.08 Å². The van der Waals surface area contributed by atoms with E-state index in [1.165, 1.54) is 0 Å². The first-order chi connectivity index (χ1) is 4.61. The number of carbonyl (C=O) groups is 2. The van der Waals surface area contributed by atoms with Gasteiger partial charge in [0.05, 0.1) is 0 Å². The lowest BCUT2D eigenvalue weighted by atomic mass is 10.3. The van der Waals surface area contributed by atoms with Gasteiger partial charge in [0.15, 0.2) is 10.9 Å². The van der Waals surface area contributed by atoms with Crippen LogP contribution in [0.15, 0.2) is 16.8 Å². The summed E-state index contributed by atoms with van der Waals surface area (Å²) in [6.45, 7) is 0. The third kappa shape index (κ3) is 1.06. The first-order valence-electron chi connectivity index (χ1n) is 2.35. The maximum absolute atomic E-state index is 10.4. The summed E-state index contributed by atoms with van der Waals surface area (Å²) in [4.78, 5) is 23.8. The van der Waals surface area contributed by atoms with Crippen molar-refractivity contribution in [2.45, 2.75) is 0 Å². The van der Waals surface area contributed by atoms with E-state index >= 15 is 0 Å². The smallest absolute Gasteiger partial charge is 0.319 e. The van der Waals surface area contributed by atoms with Crippen molar-refractivity contribution in [2.75, 3.05) is 0 Å². The zero-order valence-corrected chi connectivity index (χ0v) is 5.42. The van der Waals surface area contributed by atoms with Crippen LogP contribution in [-0.2, 0) is 9.59 Å². The Balaban J connectivity index is 3.06. The van der Waals surface area contributed by atoms with Gasteiger partial charge in [-0.25, -0.2) is 0 Å². The Kier molecular flexibility index (Phi) is 1.55. The molecule has 0 aromatic rings. The molecule has 5 heteroatoms. The monoisotopic (exact) mass is 159 g/mol. The van der Waals surface area contributed by atoms with Crippen molar-refractivity contribution >= 4 is 28.5 Å². The molecule has 0 aromatic heterocycles. The van der Waals surface area contributed by atoms with E-state index in [2.05, 4.69) is 4.99 Å². The zero-order valence-electron chi connectivity index (χ0n) is 4.67. The van der Waals surface area contributed by atoms with Crippen molar-refractivity contribution in [1.29, 1.82) is 0 Å². The van der Waals surface area contributed by atoms with Crippen molar-refractivity contribution in [2.24, 2.45) is 4.99 Å². The number of dihydropyridines is 1. The van der Waals surface area contributed by atoms with Gasteiger partial charge in [-0.2, -0.15) is 4.99 Å². The highest BCUT2D eigenvalue weighted by Crippen LogP contribution is 2.05. The molecule has 0 aliphatic carbocycles. The van der Waals surface area contributed by atoms with Crippen LogP contribution in [0.3, 0.4) is 0 Å². The number of carbonyl (C=O) groups excluding carboxylic acids is 2. The van der Waals surface area contributed by atoms with Gasteiger partial charge < -0.3 is 5.11 Å². The summed E-state index contributed by atoms with van der Waals surface area (Å²) in [6.07, 6.45) is 0.734. The molecule has 1 N–H and O–H groups in total. The fraction of sp³-hybridized carbons (Fsp3) is 0. The number of hydrogen-bond acceptors (Lipinski definition) is 3. The van der Waals surface area contributed by atoms with Crippen molar-refractivity contribution in [3.63, 3.8) is 0 Å². The summed E-state index contributed by atoms with van der Waals surface area (Å²) in [5.74, 6) is -2.28. The lowest BCUT2D eigenvalue weighted by Crippen LogP contribution is -2.16. The molecular weight excluding hydrogens is 158 g/mol. The molecular formula is C5H2ClNO3. The van der Waals surface area contributed by atoms with E-state index in [1.54, 1.807) is 0 Å². The Bertz CT molecular complexity index is 238. The van der Waals surface area contributed by atoms with Crippen LogP contribution in [0, 0.1) is 0 Å². The Labute approximate surface area is 60.8 Å². The minimum atomic E-state index is -0.956. The van der Waals surface area contributed by atoms with E-state index in [4.69, 9.17) is 16.7 Å². The van der Waals surface area contributed by atoms with Crippen molar-refractivity contribution < 1.29 is 14.7 Å². The van der Waals surface area contributed by atoms with Crippen molar-refractivity contribution in [1.82, 2.24) is 0 Å². The van der Waals surface area contributed by atoms with Crippen LogP contribution in [0.4, 0.5) is 0 Å². The molecule has 0 unspecified atom stereocenters. The van der Waals surface area contributed by atoms with Crippen LogP contribution >= 0.6 is 11.6 Å². The standard InChI is InChI=1S/C5H2ClNO3/c6-4-2(8)1-3(9)5(10)7-4/h1,8H. The highest BCUT2D eigenvalue weighted by Gasteiger charge is 2.19. The van der Waals surface area contributed by atoms with Gasteiger partial charge in [-0.1, -0.05) is 11.6 Å². The van der Waals surface area contributed by atoms with Gasteiger partial charge in [0.1, 0.15) is 0 Å². The highest BCUT2D eigenvalue weighted by molar-refractivity contribution is 6.72. The molecule has 52 valence electrons. The SMILES string of the molecule is O=C1C=C(O)C(Cl)=NC1=O. The van der Waals surface area contributed by atoms with Crippen LogP contribution in [0.5, 0.6) is 0 Å². The summed E-state index contributed by atoms with van der Waals surface area (Å²) in [5, 5.41) is 8.35. The first kappa shape index (κ1) is 6.95. The average Bonchev–Trinajstić information content (AvgIpc) is 1.84. The predicted octanol–water partition coefficient (Wildman–Crippen LogP) is 0.175. The second-order valence-corrected chi connectivity index (χ2v) is 1.96. The molecule has 0 bridgehead atoms. The number of rotatable bonds is 0. The first-order valence-corrected chi connectivity index (χ1v) is 2.72. The average molecular weight is 160 g/mol. The number of ketones is 1. The quantitative estimate of drug-likeness (QED) is 0.513. The second kappa shape index (κ2) is 2.22. The predicted molar refractivity (Wildman–Crippen MR) is 34.0 cm³/mol. The summed E-state index contributed by atoms with van der Waals surface area (Å²) < 4.78 is 0. The number of allylic oxidation sites excluding steroid dienone is 1. The van der Waals surface area contributed by atoms with Crippen LogP contribution in [0.1, 0.15) is 0 Å². The maximum Gasteiger partial charge on any atom is 0.319 e. The maximum atomic E-state index is 10.4. The van der Waals surface area contributed by atoms with Gasteiger partial charge in [0.25, 0.3) is 0 Å². The molecule has 1 aliphatic heterocycles. The van der Waals surface area contributed by atoms with E-state index in [0.29, 0.717) is 0 Å². The largest absolute Gasteiger partial charge is 0.505 e. The molecule has 4 nitrogen and oxygen atoms in total. The Morgan fingerprint density at radius 3 is 2.60 bits per heavy atom. The molecule has 1 heterocycles. The molecule has 0 radical (unpaired) electrons. The van der Waals surface area contributed by atoms with Gasteiger partial charge in [0.2, 0.25) is 5.78 Å². The summed E-state index contributed by atoms with van der Waals surface area (Å²) >= 11 is 5.19. The number of hydrogen-bond donors (Lipinski definition) is 1. The van der Waals surface area contributed by atoms with E-state index in [1.807, 2.05) is 0 Å². The third-order valence-electron chi connectivity index (χ3n) is 0.890. The number of halogens is 1. The number of nitrogens with zero attached hydrogens (tertiary/aromatic N) is 1. The van der Waals surface area contributed by atoms with Gasteiger partial charge in [-0.15, -0.1) is 0 Å². The second-order valence-electron chi connectivity index (χ2n) is 1.60. The molecule has 0 aromatic carbocycles. The minimum Gasteiger partial charge on any atom is -0.505 e. The number of aliphatic hydroxyl groups is 1. The molecule has 1 rings (SSSR count). The zero-order chi connectivity index (χ0) is 7.72. The van der Waals surface area contributed by atoms with E-state index in [-0.39, 0.29) is 5.17 Å². The Hall–Kier alpha value is -1.16. The summed E-state index contributed by atoms with van der Waals surface area (Å²) in [6, 6.07) is 0. The van der Waals surface area contributed by atoms with Gasteiger partial charge in [-0.05, 0) is 0 Å². The van der Waals surface area contributed by atoms with E-state index in [9.17, 15) is 9.59 Å². The van der Waals surface area contributed by atoms with Gasteiger partial charge in [0, 0.05) is 6.08 Å². The molecule has 0 saturated carbocycles. The lowest BCUT2D eigenvalue weighted by molar-refractivity contribution is -0.133.